The van der Waals surface area contributed by atoms with Crippen LogP contribution in [0.15, 0.2) is 93.7 Å². The molecule has 0 aliphatic carbocycles. The van der Waals surface area contributed by atoms with Crippen LogP contribution in [0.5, 0.6) is 0 Å². The Morgan fingerprint density at radius 1 is 0.897 bits per heavy atom. The molecular weight excluding hydrogens is 368 g/mol. The summed E-state index contributed by atoms with van der Waals surface area (Å²) in [4.78, 5) is 23.7. The number of rotatable bonds is 8. The molecule has 146 valence electrons. The fourth-order valence-electron chi connectivity index (χ4n) is 2.35. The minimum absolute atomic E-state index is 0.162. The fourth-order valence-corrected chi connectivity index (χ4v) is 2.35. The molecule has 1 aromatic heterocycles. The van der Waals surface area contributed by atoms with Gasteiger partial charge in [-0.15, -0.1) is 0 Å². The van der Waals surface area contributed by atoms with Crippen LogP contribution in [0, 0.1) is 0 Å². The van der Waals surface area contributed by atoms with Crippen LogP contribution in [0.1, 0.15) is 12.2 Å². The normalized spacial score (nSPS) is 11.0. The number of hydrogen-bond donors (Lipinski definition) is 2. The molecule has 0 radical (unpaired) electrons. The van der Waals surface area contributed by atoms with Gasteiger partial charge in [0.15, 0.2) is 0 Å². The molecule has 2 aromatic carbocycles. The fraction of sp³-hybridized carbons (Fsp3) is 0.0909. The number of anilines is 1. The first-order chi connectivity index (χ1) is 14.2. The van der Waals surface area contributed by atoms with Gasteiger partial charge in [-0.05, 0) is 54.6 Å². The lowest BCUT2D eigenvalue weighted by atomic mass is 10.2. The van der Waals surface area contributed by atoms with Crippen molar-refractivity contribution in [1.29, 1.82) is 0 Å². The van der Waals surface area contributed by atoms with Crippen molar-refractivity contribution in [2.24, 2.45) is 10.2 Å². The predicted molar refractivity (Wildman–Crippen MR) is 111 cm³/mol. The van der Waals surface area contributed by atoms with Crippen LogP contribution in [0.4, 0.5) is 17.1 Å². The summed E-state index contributed by atoms with van der Waals surface area (Å²) >= 11 is 0. The van der Waals surface area contributed by atoms with Crippen molar-refractivity contribution in [3.05, 3.63) is 84.8 Å². The van der Waals surface area contributed by atoms with Gasteiger partial charge in [0.2, 0.25) is 11.8 Å². The van der Waals surface area contributed by atoms with E-state index in [-0.39, 0.29) is 24.8 Å². The van der Waals surface area contributed by atoms with Crippen molar-refractivity contribution >= 4 is 35.0 Å². The summed E-state index contributed by atoms with van der Waals surface area (Å²) in [6.45, 7) is 0.233. The molecule has 1 heterocycles. The van der Waals surface area contributed by atoms with Crippen molar-refractivity contribution in [2.75, 3.05) is 11.9 Å². The zero-order chi connectivity index (χ0) is 20.3. The number of benzene rings is 2. The second-order valence-corrected chi connectivity index (χ2v) is 6.02. The zero-order valence-electron chi connectivity index (χ0n) is 15.6. The molecule has 3 aromatic rings. The second-order valence-electron chi connectivity index (χ2n) is 6.02. The summed E-state index contributed by atoms with van der Waals surface area (Å²) < 4.78 is 5.10. The highest BCUT2D eigenvalue weighted by molar-refractivity contribution is 5.93. The quantitative estimate of drug-likeness (QED) is 0.426. The first kappa shape index (κ1) is 19.8. The smallest absolute Gasteiger partial charge is 0.244 e. The number of carbonyl (C=O) groups excluding carboxylic acids is 2. The molecule has 0 fully saturated rings. The van der Waals surface area contributed by atoms with Crippen molar-refractivity contribution in [1.82, 2.24) is 5.32 Å². The summed E-state index contributed by atoms with van der Waals surface area (Å²) in [5.41, 5.74) is 2.10. The van der Waals surface area contributed by atoms with Gasteiger partial charge in [-0.2, -0.15) is 10.2 Å². The Labute approximate surface area is 168 Å². The number of furan rings is 1. The number of nitrogens with zero attached hydrogens (tertiary/aromatic N) is 2. The number of carbonyl (C=O) groups is 2. The minimum atomic E-state index is -0.290. The zero-order valence-corrected chi connectivity index (χ0v) is 15.6. The molecule has 0 atom stereocenters. The van der Waals surface area contributed by atoms with Crippen LogP contribution < -0.4 is 10.6 Å². The van der Waals surface area contributed by atoms with Gasteiger partial charge in [0.05, 0.1) is 17.6 Å². The highest BCUT2D eigenvalue weighted by Gasteiger charge is 2.04. The Balaban J connectivity index is 1.40. The van der Waals surface area contributed by atoms with E-state index >= 15 is 0 Å². The molecule has 0 unspecified atom stereocenters. The van der Waals surface area contributed by atoms with Crippen LogP contribution >= 0.6 is 0 Å². The molecule has 0 saturated carbocycles. The summed E-state index contributed by atoms with van der Waals surface area (Å²) in [5, 5.41) is 13.7. The Bertz CT molecular complexity index is 979. The Morgan fingerprint density at radius 2 is 1.62 bits per heavy atom. The van der Waals surface area contributed by atoms with E-state index < -0.39 is 0 Å². The lowest BCUT2D eigenvalue weighted by Crippen LogP contribution is -2.26. The van der Waals surface area contributed by atoms with Gasteiger partial charge >= 0.3 is 0 Å². The molecule has 2 N–H and O–H groups in total. The van der Waals surface area contributed by atoms with Gasteiger partial charge in [0.25, 0.3) is 0 Å². The first-order valence-electron chi connectivity index (χ1n) is 9.05. The highest BCUT2D eigenvalue weighted by Crippen LogP contribution is 2.20. The van der Waals surface area contributed by atoms with Crippen molar-refractivity contribution < 1.29 is 14.0 Å². The van der Waals surface area contributed by atoms with Gasteiger partial charge in [0, 0.05) is 24.7 Å². The van der Waals surface area contributed by atoms with E-state index in [1.54, 1.807) is 42.5 Å². The molecule has 0 aliphatic heterocycles. The summed E-state index contributed by atoms with van der Waals surface area (Å²) in [6.07, 6.45) is 4.61. The van der Waals surface area contributed by atoms with E-state index in [2.05, 4.69) is 20.9 Å². The van der Waals surface area contributed by atoms with Crippen LogP contribution in [-0.2, 0) is 9.59 Å². The van der Waals surface area contributed by atoms with E-state index in [1.807, 2.05) is 30.3 Å². The predicted octanol–water partition coefficient (Wildman–Crippen LogP) is 4.85. The van der Waals surface area contributed by atoms with Crippen molar-refractivity contribution in [3.8, 4) is 0 Å². The first-order valence-corrected chi connectivity index (χ1v) is 9.05. The van der Waals surface area contributed by atoms with Gasteiger partial charge in [0.1, 0.15) is 5.76 Å². The number of nitrogens with one attached hydrogen (secondary N) is 2. The Hall–Kier alpha value is -4.00. The largest absolute Gasteiger partial charge is 0.465 e. The van der Waals surface area contributed by atoms with Gasteiger partial charge in [-0.1, -0.05) is 18.2 Å². The SMILES string of the molecule is O=C(/C=C/c1ccco1)NCCC(=O)Nc1ccc(N=Nc2ccccc2)cc1. The maximum absolute atomic E-state index is 12.0. The standard InChI is InChI=1S/C22H20N4O3/c27-21(13-12-20-7-4-16-29-20)23-15-14-22(28)24-17-8-10-19(11-9-17)26-25-18-5-2-1-3-6-18/h1-13,16H,14-15H2,(H,23,27)(H,24,28)/b13-12+,26-25?. The van der Waals surface area contributed by atoms with E-state index in [0.717, 1.165) is 5.69 Å². The Morgan fingerprint density at radius 3 is 2.31 bits per heavy atom. The lowest BCUT2D eigenvalue weighted by Gasteiger charge is -2.06. The van der Waals surface area contributed by atoms with Crippen LogP contribution in [0.25, 0.3) is 6.08 Å². The highest BCUT2D eigenvalue weighted by atomic mass is 16.3. The maximum atomic E-state index is 12.0. The van der Waals surface area contributed by atoms with E-state index in [9.17, 15) is 9.59 Å². The van der Waals surface area contributed by atoms with E-state index in [4.69, 9.17) is 4.42 Å². The van der Waals surface area contributed by atoms with E-state index in [1.165, 1.54) is 12.3 Å². The number of amides is 2. The van der Waals surface area contributed by atoms with Crippen LogP contribution in [-0.4, -0.2) is 18.4 Å². The second kappa shape index (κ2) is 10.4. The third kappa shape index (κ3) is 6.91. The average Bonchev–Trinajstić information content (AvgIpc) is 3.26. The topological polar surface area (TPSA) is 96.1 Å². The van der Waals surface area contributed by atoms with Crippen LogP contribution in [0.3, 0.4) is 0 Å². The van der Waals surface area contributed by atoms with Crippen LogP contribution in [0.2, 0.25) is 0 Å². The van der Waals surface area contributed by atoms with Gasteiger partial charge < -0.3 is 15.1 Å². The molecule has 3 rings (SSSR count). The van der Waals surface area contributed by atoms with Gasteiger partial charge in [-0.3, -0.25) is 9.59 Å². The van der Waals surface area contributed by atoms with Crippen molar-refractivity contribution in [2.45, 2.75) is 6.42 Å². The summed E-state index contributed by atoms with van der Waals surface area (Å²) in [5.74, 6) is 0.103. The molecule has 0 aliphatic rings. The lowest BCUT2D eigenvalue weighted by molar-refractivity contribution is -0.117. The minimum Gasteiger partial charge on any atom is -0.465 e. The monoisotopic (exact) mass is 388 g/mol. The maximum Gasteiger partial charge on any atom is 0.244 e. The molecular formula is C22H20N4O3. The molecule has 7 nitrogen and oxygen atoms in total. The summed E-state index contributed by atoms with van der Waals surface area (Å²) in [6, 6.07) is 19.9. The molecule has 29 heavy (non-hydrogen) atoms. The van der Waals surface area contributed by atoms with E-state index in [0.29, 0.717) is 17.1 Å². The third-order valence-corrected chi connectivity index (χ3v) is 3.78. The average molecular weight is 388 g/mol. The molecule has 7 heteroatoms. The number of azo groups is 1. The molecule has 2 amide bonds. The summed E-state index contributed by atoms with van der Waals surface area (Å²) in [7, 11) is 0. The Kier molecular flexibility index (Phi) is 7.06. The van der Waals surface area contributed by atoms with Gasteiger partial charge in [-0.25, -0.2) is 0 Å². The third-order valence-electron chi connectivity index (χ3n) is 3.78. The molecule has 0 bridgehead atoms. The van der Waals surface area contributed by atoms with Crippen molar-refractivity contribution in [3.63, 3.8) is 0 Å². The molecule has 0 spiro atoms. The number of hydrogen-bond acceptors (Lipinski definition) is 5. The molecule has 0 saturated heterocycles.